The summed E-state index contributed by atoms with van der Waals surface area (Å²) in [7, 11) is 3.31. The molecular formula is C33H38F5N3O2S. The predicted molar refractivity (Wildman–Crippen MR) is 164 cm³/mol. The number of fused-ring (bicyclic) bond motifs is 1. The van der Waals surface area contributed by atoms with Crippen molar-refractivity contribution < 1.29 is 26.7 Å². The van der Waals surface area contributed by atoms with Gasteiger partial charge in [0, 0.05) is 42.9 Å². The Bertz CT molecular complexity index is 1570. The number of piperidine rings is 1. The van der Waals surface area contributed by atoms with Gasteiger partial charge >= 0.3 is 6.18 Å². The summed E-state index contributed by atoms with van der Waals surface area (Å²) in [6, 6.07) is 7.07. The van der Waals surface area contributed by atoms with Crippen LogP contribution in [0.1, 0.15) is 48.1 Å². The molecule has 3 heterocycles. The molecule has 2 aliphatic heterocycles. The van der Waals surface area contributed by atoms with Crippen LogP contribution in [0.4, 0.5) is 22.0 Å². The van der Waals surface area contributed by atoms with Crippen LogP contribution in [0.25, 0.3) is 11.1 Å². The van der Waals surface area contributed by atoms with Gasteiger partial charge in [0.05, 0.1) is 29.3 Å². The van der Waals surface area contributed by atoms with E-state index >= 15 is 8.78 Å². The van der Waals surface area contributed by atoms with Crippen LogP contribution in [-0.4, -0.2) is 67.0 Å². The first kappa shape index (κ1) is 32.5. The lowest BCUT2D eigenvalue weighted by Gasteiger charge is -2.32. The van der Waals surface area contributed by atoms with Gasteiger partial charge in [-0.15, -0.1) is 11.8 Å². The van der Waals surface area contributed by atoms with E-state index in [2.05, 4.69) is 16.7 Å². The highest BCUT2D eigenvalue weighted by atomic mass is 32.2. The molecule has 0 saturated carbocycles. The third-order valence-electron chi connectivity index (χ3n) is 8.94. The van der Waals surface area contributed by atoms with E-state index in [0.717, 1.165) is 50.3 Å². The molecule has 1 fully saturated rings. The van der Waals surface area contributed by atoms with Gasteiger partial charge in [-0.2, -0.15) is 13.2 Å². The monoisotopic (exact) mass is 635 g/mol. The summed E-state index contributed by atoms with van der Waals surface area (Å²) >= 11 is 1.38. The minimum atomic E-state index is -4.77. The van der Waals surface area contributed by atoms with E-state index in [1.54, 1.807) is 17.6 Å². The summed E-state index contributed by atoms with van der Waals surface area (Å²) in [6.45, 7) is 8.21. The van der Waals surface area contributed by atoms with Gasteiger partial charge in [0.2, 0.25) is 0 Å². The van der Waals surface area contributed by atoms with Crippen molar-refractivity contribution in [2.75, 3.05) is 52.6 Å². The standard InChI is InChI=1S/C33H38F5N3O2S/c1-20-11-13-40(14-12-20)16-15-39(3)18-22-19-44-32-24(17-25-26(33(36,37)38)8-6-9-27(25)34)21(2)29(31(42)41(22)32)23-7-5-10-28(43-4)30(23)35/h5-10,20,22H,11-19H2,1-4H3. The number of aromatic nitrogens is 1. The second kappa shape index (κ2) is 13.2. The predicted octanol–water partition coefficient (Wildman–Crippen LogP) is 7.03. The molecule has 1 atom stereocenters. The highest BCUT2D eigenvalue weighted by Gasteiger charge is 2.37. The zero-order valence-corrected chi connectivity index (χ0v) is 26.3. The van der Waals surface area contributed by atoms with Crippen molar-refractivity contribution in [3.8, 4) is 16.9 Å². The lowest BCUT2D eigenvalue weighted by molar-refractivity contribution is -0.138. The molecule has 11 heteroatoms. The van der Waals surface area contributed by atoms with Crippen LogP contribution in [0.2, 0.25) is 0 Å². The molecule has 0 spiro atoms. The second-order valence-corrected chi connectivity index (χ2v) is 13.0. The number of pyridine rings is 1. The van der Waals surface area contributed by atoms with Crippen molar-refractivity contribution in [2.24, 2.45) is 5.92 Å². The Morgan fingerprint density at radius 2 is 1.77 bits per heavy atom. The largest absolute Gasteiger partial charge is 0.494 e. The number of likely N-dealkylation sites (tertiary alicyclic amines) is 1. The first-order valence-electron chi connectivity index (χ1n) is 14.9. The zero-order chi connectivity index (χ0) is 31.8. The van der Waals surface area contributed by atoms with Crippen molar-refractivity contribution in [3.05, 3.63) is 80.6 Å². The number of benzene rings is 2. The third kappa shape index (κ3) is 6.55. The fourth-order valence-corrected chi connectivity index (χ4v) is 7.69. The zero-order valence-electron chi connectivity index (χ0n) is 25.4. The highest BCUT2D eigenvalue weighted by molar-refractivity contribution is 7.99. The molecule has 0 N–H and O–H groups in total. The molecule has 238 valence electrons. The van der Waals surface area contributed by atoms with Crippen LogP contribution < -0.4 is 10.3 Å². The average molecular weight is 636 g/mol. The Morgan fingerprint density at radius 3 is 2.45 bits per heavy atom. The average Bonchev–Trinajstić information content (AvgIpc) is 3.39. The lowest BCUT2D eigenvalue weighted by atomic mass is 9.92. The minimum Gasteiger partial charge on any atom is -0.494 e. The maximum absolute atomic E-state index is 15.6. The van der Waals surface area contributed by atoms with Gasteiger partial charge in [-0.25, -0.2) is 8.78 Å². The molecule has 3 aromatic rings. The number of ether oxygens (including phenoxy) is 1. The summed E-state index contributed by atoms with van der Waals surface area (Å²) in [5.41, 5.74) is -1.24. The van der Waals surface area contributed by atoms with E-state index in [1.165, 1.54) is 43.8 Å². The Labute approximate surface area is 259 Å². The van der Waals surface area contributed by atoms with E-state index in [9.17, 15) is 18.0 Å². The number of likely N-dealkylation sites (N-methyl/N-ethyl adjacent to an activating group) is 1. The molecule has 2 aromatic carbocycles. The number of hydrogen-bond donors (Lipinski definition) is 0. The summed E-state index contributed by atoms with van der Waals surface area (Å²) in [5, 5.41) is 0.499. The minimum absolute atomic E-state index is 0.00342. The summed E-state index contributed by atoms with van der Waals surface area (Å²) < 4.78 is 79.4. The molecule has 0 radical (unpaired) electrons. The number of alkyl halides is 3. The highest BCUT2D eigenvalue weighted by Crippen LogP contribution is 2.42. The van der Waals surface area contributed by atoms with E-state index in [0.29, 0.717) is 28.5 Å². The molecule has 5 rings (SSSR count). The number of nitrogens with zero attached hydrogens (tertiary/aromatic N) is 3. The van der Waals surface area contributed by atoms with Crippen LogP contribution in [0.3, 0.4) is 0 Å². The van der Waals surface area contributed by atoms with Crippen molar-refractivity contribution in [2.45, 2.75) is 50.4 Å². The number of methoxy groups -OCH3 is 1. The molecule has 1 saturated heterocycles. The molecule has 0 aliphatic carbocycles. The fraction of sp³-hybridized carbons (Fsp3) is 0.485. The Kier molecular flexibility index (Phi) is 9.77. The SMILES string of the molecule is COc1cccc(-c2c(C)c(Cc3c(F)cccc3C(F)(F)F)c3n(c2=O)C(CN(C)CCN2CCC(C)CC2)CS3)c1F. The maximum Gasteiger partial charge on any atom is 0.416 e. The van der Waals surface area contributed by atoms with E-state index in [1.807, 2.05) is 7.05 Å². The first-order valence-corrected chi connectivity index (χ1v) is 15.9. The summed E-state index contributed by atoms with van der Waals surface area (Å²) in [5.74, 6) is -0.524. The fourth-order valence-electron chi connectivity index (χ4n) is 6.32. The topological polar surface area (TPSA) is 37.7 Å². The molecule has 1 unspecified atom stereocenters. The maximum atomic E-state index is 15.6. The van der Waals surface area contributed by atoms with Crippen LogP contribution in [-0.2, 0) is 12.6 Å². The quantitative estimate of drug-likeness (QED) is 0.236. The van der Waals surface area contributed by atoms with Crippen molar-refractivity contribution in [1.82, 2.24) is 14.4 Å². The normalized spacial score (nSPS) is 17.8. The Hall–Kier alpha value is -2.89. The summed E-state index contributed by atoms with van der Waals surface area (Å²) in [6.07, 6.45) is -2.82. The van der Waals surface area contributed by atoms with E-state index in [-0.39, 0.29) is 22.9 Å². The molecule has 1 aromatic heterocycles. The van der Waals surface area contributed by atoms with Crippen LogP contribution in [0.5, 0.6) is 5.75 Å². The van der Waals surface area contributed by atoms with E-state index < -0.39 is 40.9 Å². The molecule has 0 bridgehead atoms. The van der Waals surface area contributed by atoms with Crippen LogP contribution in [0, 0.1) is 24.5 Å². The number of halogens is 5. The van der Waals surface area contributed by atoms with Crippen molar-refractivity contribution >= 4 is 11.8 Å². The van der Waals surface area contributed by atoms with Gasteiger partial charge in [0.1, 0.15) is 5.82 Å². The number of thioether (sulfide) groups is 1. The van der Waals surface area contributed by atoms with Crippen molar-refractivity contribution in [3.63, 3.8) is 0 Å². The first-order chi connectivity index (χ1) is 20.9. The Balaban J connectivity index is 1.57. The smallest absolute Gasteiger partial charge is 0.416 e. The summed E-state index contributed by atoms with van der Waals surface area (Å²) in [4.78, 5) is 18.8. The molecular weight excluding hydrogens is 597 g/mol. The number of hydrogen-bond acceptors (Lipinski definition) is 5. The van der Waals surface area contributed by atoms with E-state index in [4.69, 9.17) is 4.74 Å². The van der Waals surface area contributed by atoms with Gasteiger partial charge in [0.25, 0.3) is 5.56 Å². The molecule has 2 aliphatic rings. The Morgan fingerprint density at radius 1 is 1.07 bits per heavy atom. The third-order valence-corrected chi connectivity index (χ3v) is 10.2. The van der Waals surface area contributed by atoms with Gasteiger partial charge < -0.3 is 14.5 Å². The van der Waals surface area contributed by atoms with Crippen LogP contribution in [0.15, 0.2) is 46.2 Å². The van der Waals surface area contributed by atoms with Crippen LogP contribution >= 0.6 is 11.8 Å². The molecule has 44 heavy (non-hydrogen) atoms. The van der Waals surface area contributed by atoms with Gasteiger partial charge in [0.15, 0.2) is 11.6 Å². The van der Waals surface area contributed by atoms with Gasteiger partial charge in [-0.05, 0) is 75.1 Å². The second-order valence-electron chi connectivity index (χ2n) is 12.0. The molecule has 5 nitrogen and oxygen atoms in total. The van der Waals surface area contributed by atoms with Gasteiger partial charge in [-0.3, -0.25) is 9.36 Å². The van der Waals surface area contributed by atoms with Gasteiger partial charge in [-0.1, -0.05) is 25.1 Å². The van der Waals surface area contributed by atoms with Crippen molar-refractivity contribution in [1.29, 1.82) is 0 Å². The lowest BCUT2D eigenvalue weighted by Crippen LogP contribution is -2.40. The number of rotatable bonds is 9. The molecule has 0 amide bonds.